The maximum absolute atomic E-state index is 13.5. The summed E-state index contributed by atoms with van der Waals surface area (Å²) in [5.41, 5.74) is 7.59. The van der Waals surface area contributed by atoms with Gasteiger partial charge in [-0.15, -0.1) is 0 Å². The van der Waals surface area contributed by atoms with Gasteiger partial charge in [0.2, 0.25) is 5.95 Å². The lowest BCUT2D eigenvalue weighted by atomic mass is 10.1. The quantitative estimate of drug-likeness (QED) is 0.911. The third kappa shape index (κ3) is 1.95. The molecular formula is C13H18FN3O. The van der Waals surface area contributed by atoms with Crippen LogP contribution in [-0.4, -0.2) is 23.3 Å². The normalized spacial score (nSPS) is 12.3. The molecule has 0 aliphatic carbocycles. The first kappa shape index (κ1) is 12.8. The van der Waals surface area contributed by atoms with E-state index in [4.69, 9.17) is 10.5 Å². The van der Waals surface area contributed by atoms with Crippen molar-refractivity contribution in [1.82, 2.24) is 9.55 Å². The van der Waals surface area contributed by atoms with Crippen molar-refractivity contribution in [3.8, 4) is 0 Å². The Morgan fingerprint density at radius 3 is 2.72 bits per heavy atom. The first-order valence-electron chi connectivity index (χ1n) is 5.80. The molecule has 0 aliphatic heterocycles. The highest BCUT2D eigenvalue weighted by molar-refractivity contribution is 5.79. The molecule has 5 heteroatoms. The van der Waals surface area contributed by atoms with E-state index in [2.05, 4.69) is 4.98 Å². The highest BCUT2D eigenvalue weighted by atomic mass is 19.1. The van der Waals surface area contributed by atoms with Crippen molar-refractivity contribution < 1.29 is 9.13 Å². The molecule has 2 rings (SSSR count). The summed E-state index contributed by atoms with van der Waals surface area (Å²) in [6.45, 7) is 6.24. The third-order valence-electron chi connectivity index (χ3n) is 3.06. The smallest absolute Gasteiger partial charge is 0.201 e. The second-order valence-corrected chi connectivity index (χ2v) is 5.14. The first-order chi connectivity index (χ1) is 8.36. The summed E-state index contributed by atoms with van der Waals surface area (Å²) in [6.07, 6.45) is 0. The van der Waals surface area contributed by atoms with Crippen LogP contribution < -0.4 is 5.73 Å². The van der Waals surface area contributed by atoms with Crippen LogP contribution in [0.2, 0.25) is 0 Å². The van der Waals surface area contributed by atoms with E-state index in [9.17, 15) is 4.39 Å². The fraction of sp³-hybridized carbons (Fsp3) is 0.462. The zero-order valence-electron chi connectivity index (χ0n) is 11.1. The molecule has 1 aromatic carbocycles. The van der Waals surface area contributed by atoms with Crippen LogP contribution in [-0.2, 0) is 10.3 Å². The van der Waals surface area contributed by atoms with Crippen molar-refractivity contribution >= 4 is 17.0 Å². The number of nitrogens with zero attached hydrogens (tertiary/aromatic N) is 2. The van der Waals surface area contributed by atoms with Crippen molar-refractivity contribution in [2.24, 2.45) is 0 Å². The minimum atomic E-state index is -0.335. The van der Waals surface area contributed by atoms with Crippen molar-refractivity contribution in [2.45, 2.75) is 26.3 Å². The standard InChI is InChI=1S/C13H18FN3O/c1-8-5-11-10(6-9(8)14)16-12(15)17(11)13(2,3)7-18-4/h5-6H,7H2,1-4H3,(H2,15,16). The monoisotopic (exact) mass is 251 g/mol. The van der Waals surface area contributed by atoms with Crippen molar-refractivity contribution in [2.75, 3.05) is 19.5 Å². The van der Waals surface area contributed by atoms with Crippen LogP contribution in [0.4, 0.5) is 10.3 Å². The Kier molecular flexibility index (Phi) is 3.02. The van der Waals surface area contributed by atoms with Gasteiger partial charge in [0.05, 0.1) is 23.2 Å². The minimum absolute atomic E-state index is 0.267. The zero-order valence-corrected chi connectivity index (χ0v) is 11.1. The number of hydrogen-bond donors (Lipinski definition) is 1. The van der Waals surface area contributed by atoms with Crippen LogP contribution in [0.5, 0.6) is 0 Å². The molecule has 0 fully saturated rings. The first-order valence-corrected chi connectivity index (χ1v) is 5.80. The number of rotatable bonds is 3. The molecule has 0 amide bonds. The van der Waals surface area contributed by atoms with Crippen molar-refractivity contribution in [1.29, 1.82) is 0 Å². The van der Waals surface area contributed by atoms with Gasteiger partial charge in [0.25, 0.3) is 0 Å². The van der Waals surface area contributed by atoms with E-state index >= 15 is 0 Å². The summed E-state index contributed by atoms with van der Waals surface area (Å²) in [6, 6.07) is 3.19. The van der Waals surface area contributed by atoms with Crippen LogP contribution in [0.25, 0.3) is 11.0 Å². The summed E-state index contributed by atoms with van der Waals surface area (Å²) in [5.74, 6) is 0.105. The Morgan fingerprint density at radius 2 is 2.11 bits per heavy atom. The number of anilines is 1. The van der Waals surface area contributed by atoms with Gasteiger partial charge in [0, 0.05) is 13.2 Å². The Morgan fingerprint density at radius 1 is 1.44 bits per heavy atom. The SMILES string of the molecule is COCC(C)(C)n1c(N)nc2cc(F)c(C)cc21. The maximum atomic E-state index is 13.5. The van der Waals surface area contributed by atoms with Gasteiger partial charge in [0.15, 0.2) is 0 Å². The zero-order chi connectivity index (χ0) is 13.5. The van der Waals surface area contributed by atoms with Gasteiger partial charge in [-0.05, 0) is 32.4 Å². The molecule has 4 nitrogen and oxygen atoms in total. The lowest BCUT2D eigenvalue weighted by Gasteiger charge is -2.27. The number of halogens is 1. The minimum Gasteiger partial charge on any atom is -0.382 e. The number of benzene rings is 1. The Bertz CT molecular complexity index is 589. The molecule has 98 valence electrons. The molecular weight excluding hydrogens is 233 g/mol. The fourth-order valence-electron chi connectivity index (χ4n) is 2.28. The van der Waals surface area contributed by atoms with Gasteiger partial charge in [-0.25, -0.2) is 9.37 Å². The van der Waals surface area contributed by atoms with E-state index in [-0.39, 0.29) is 11.4 Å². The van der Waals surface area contributed by atoms with Crippen LogP contribution >= 0.6 is 0 Å². The second kappa shape index (κ2) is 4.24. The Hall–Kier alpha value is -1.62. The predicted molar refractivity (Wildman–Crippen MR) is 70.0 cm³/mol. The summed E-state index contributed by atoms with van der Waals surface area (Å²) >= 11 is 0. The topological polar surface area (TPSA) is 53.1 Å². The Labute approximate surface area is 106 Å². The fourth-order valence-corrected chi connectivity index (χ4v) is 2.28. The summed E-state index contributed by atoms with van der Waals surface area (Å²) < 4.78 is 20.6. The summed E-state index contributed by atoms with van der Waals surface area (Å²) in [4.78, 5) is 4.21. The molecule has 2 aromatic rings. The van der Waals surface area contributed by atoms with Gasteiger partial charge in [0.1, 0.15) is 5.82 Å². The van der Waals surface area contributed by atoms with Crippen molar-refractivity contribution in [3.05, 3.63) is 23.5 Å². The van der Waals surface area contributed by atoms with Gasteiger partial charge >= 0.3 is 0 Å². The highest BCUT2D eigenvalue weighted by Gasteiger charge is 2.25. The van der Waals surface area contributed by atoms with Crippen molar-refractivity contribution in [3.63, 3.8) is 0 Å². The number of nitrogen functional groups attached to an aromatic ring is 1. The van der Waals surface area contributed by atoms with E-state index in [1.807, 2.05) is 18.4 Å². The van der Waals surface area contributed by atoms with Crippen LogP contribution in [0, 0.1) is 12.7 Å². The lowest BCUT2D eigenvalue weighted by Crippen LogP contribution is -2.32. The molecule has 0 saturated heterocycles. The molecule has 0 aliphatic rings. The average Bonchev–Trinajstić information content (AvgIpc) is 2.55. The number of fused-ring (bicyclic) bond motifs is 1. The number of imidazole rings is 1. The lowest BCUT2D eigenvalue weighted by molar-refractivity contribution is 0.113. The number of ether oxygens (including phenoxy) is 1. The van der Waals surface area contributed by atoms with Gasteiger partial charge in [-0.2, -0.15) is 0 Å². The van der Waals surface area contributed by atoms with Crippen LogP contribution in [0.1, 0.15) is 19.4 Å². The molecule has 2 N–H and O–H groups in total. The average molecular weight is 251 g/mol. The summed E-state index contributed by atoms with van der Waals surface area (Å²) in [5, 5.41) is 0. The second-order valence-electron chi connectivity index (χ2n) is 5.14. The van der Waals surface area contributed by atoms with E-state index in [0.717, 1.165) is 5.52 Å². The number of nitrogens with two attached hydrogens (primary N) is 1. The Balaban J connectivity index is 2.70. The maximum Gasteiger partial charge on any atom is 0.201 e. The van der Waals surface area contributed by atoms with Gasteiger partial charge in [-0.1, -0.05) is 0 Å². The van der Waals surface area contributed by atoms with Gasteiger partial charge in [-0.3, -0.25) is 0 Å². The number of aryl methyl sites for hydroxylation is 1. The number of aromatic nitrogens is 2. The molecule has 18 heavy (non-hydrogen) atoms. The predicted octanol–water partition coefficient (Wildman–Crippen LogP) is 2.45. The highest BCUT2D eigenvalue weighted by Crippen LogP contribution is 2.28. The molecule has 0 saturated carbocycles. The van der Waals surface area contributed by atoms with E-state index in [1.165, 1.54) is 6.07 Å². The number of hydrogen-bond acceptors (Lipinski definition) is 3. The third-order valence-corrected chi connectivity index (χ3v) is 3.06. The van der Waals surface area contributed by atoms with E-state index in [1.54, 1.807) is 20.1 Å². The number of methoxy groups -OCH3 is 1. The molecule has 0 radical (unpaired) electrons. The van der Waals surface area contributed by atoms with Crippen LogP contribution in [0.3, 0.4) is 0 Å². The molecule has 0 bridgehead atoms. The molecule has 0 atom stereocenters. The van der Waals surface area contributed by atoms with Gasteiger partial charge < -0.3 is 15.0 Å². The largest absolute Gasteiger partial charge is 0.382 e. The molecule has 1 heterocycles. The molecule has 0 spiro atoms. The molecule has 1 aromatic heterocycles. The molecule has 0 unspecified atom stereocenters. The van der Waals surface area contributed by atoms with E-state index < -0.39 is 0 Å². The van der Waals surface area contributed by atoms with Crippen LogP contribution in [0.15, 0.2) is 12.1 Å². The summed E-state index contributed by atoms with van der Waals surface area (Å²) in [7, 11) is 1.64. The van der Waals surface area contributed by atoms with E-state index in [0.29, 0.717) is 23.6 Å².